The molecule has 0 aliphatic rings. The number of benzene rings is 3. The van der Waals surface area contributed by atoms with Crippen LogP contribution < -0.4 is 15.5 Å². The van der Waals surface area contributed by atoms with Crippen molar-refractivity contribution in [1.29, 1.82) is 0 Å². The molecule has 3 aromatic carbocycles. The summed E-state index contributed by atoms with van der Waals surface area (Å²) in [7, 11) is 0. The number of nitrogens with zero attached hydrogens (tertiary/aromatic N) is 3. The number of carbonyl (C=O) groups is 2. The average Bonchev–Trinajstić information content (AvgIpc) is 3.24. The van der Waals surface area contributed by atoms with Gasteiger partial charge in [-0.05, 0) is 69.3 Å². The standard InChI is InChI=1S/C28H31N5O2/c1-4-32(5-2)23-17-15-22(16-18-23)30-26(34)19-33-25-14-10-9-13-24(25)31-27(33)20(3)29-28(35)21-11-7-6-8-12-21/h6-18,20H,4-5,19H2,1-3H3,(H,29,35)(H,30,34)/t20-/m1/s1. The number of rotatable bonds is 9. The number of nitrogens with one attached hydrogen (secondary N) is 2. The van der Waals surface area contributed by atoms with E-state index in [1.165, 1.54) is 0 Å². The fourth-order valence-electron chi connectivity index (χ4n) is 4.21. The lowest BCUT2D eigenvalue weighted by Crippen LogP contribution is -2.30. The molecule has 0 saturated heterocycles. The summed E-state index contributed by atoms with van der Waals surface area (Å²) in [4.78, 5) is 32.7. The molecule has 1 heterocycles. The van der Waals surface area contributed by atoms with Crippen LogP contribution in [0.1, 0.15) is 43.0 Å². The second-order valence-corrected chi connectivity index (χ2v) is 8.37. The van der Waals surface area contributed by atoms with Gasteiger partial charge in [0, 0.05) is 30.0 Å². The second kappa shape index (κ2) is 10.9. The van der Waals surface area contributed by atoms with E-state index >= 15 is 0 Å². The SMILES string of the molecule is CCN(CC)c1ccc(NC(=O)Cn2c([C@@H](C)NC(=O)c3ccccc3)nc3ccccc32)cc1. The van der Waals surface area contributed by atoms with Crippen LogP contribution >= 0.6 is 0 Å². The highest BCUT2D eigenvalue weighted by molar-refractivity contribution is 5.94. The first-order valence-electron chi connectivity index (χ1n) is 12.0. The Bertz CT molecular complexity index is 1290. The molecular weight excluding hydrogens is 438 g/mol. The Labute approximate surface area is 205 Å². The van der Waals surface area contributed by atoms with Crippen molar-refractivity contribution >= 4 is 34.2 Å². The summed E-state index contributed by atoms with van der Waals surface area (Å²) in [6, 6.07) is 24.2. The van der Waals surface area contributed by atoms with E-state index in [-0.39, 0.29) is 18.4 Å². The number of carbonyl (C=O) groups excluding carboxylic acids is 2. The molecule has 1 aromatic heterocycles. The number of amides is 2. The first kappa shape index (κ1) is 24.0. The van der Waals surface area contributed by atoms with E-state index in [1.807, 2.05) is 78.2 Å². The molecule has 0 bridgehead atoms. The third-order valence-electron chi connectivity index (χ3n) is 6.04. The Morgan fingerprint density at radius 3 is 2.26 bits per heavy atom. The molecule has 0 aliphatic heterocycles. The molecule has 7 nitrogen and oxygen atoms in total. The van der Waals surface area contributed by atoms with Crippen molar-refractivity contribution in [2.24, 2.45) is 0 Å². The van der Waals surface area contributed by atoms with E-state index in [0.717, 1.165) is 35.5 Å². The molecule has 0 radical (unpaired) electrons. The molecule has 0 saturated carbocycles. The van der Waals surface area contributed by atoms with Gasteiger partial charge in [0.15, 0.2) is 0 Å². The number of aromatic nitrogens is 2. The lowest BCUT2D eigenvalue weighted by Gasteiger charge is -2.21. The maximum atomic E-state index is 13.0. The molecule has 4 aromatic rings. The van der Waals surface area contributed by atoms with Crippen molar-refractivity contribution in [1.82, 2.24) is 14.9 Å². The molecule has 35 heavy (non-hydrogen) atoms. The maximum Gasteiger partial charge on any atom is 0.251 e. The minimum atomic E-state index is -0.392. The predicted molar refractivity (Wildman–Crippen MR) is 141 cm³/mol. The van der Waals surface area contributed by atoms with Crippen LogP contribution in [0.4, 0.5) is 11.4 Å². The van der Waals surface area contributed by atoms with Gasteiger partial charge in [-0.1, -0.05) is 30.3 Å². The number of hydrogen-bond acceptors (Lipinski definition) is 4. The molecular formula is C28H31N5O2. The zero-order chi connectivity index (χ0) is 24.8. The van der Waals surface area contributed by atoms with Crippen molar-refractivity contribution < 1.29 is 9.59 Å². The van der Waals surface area contributed by atoms with Gasteiger partial charge in [0.1, 0.15) is 12.4 Å². The highest BCUT2D eigenvalue weighted by atomic mass is 16.2. The molecule has 4 rings (SSSR count). The van der Waals surface area contributed by atoms with E-state index in [0.29, 0.717) is 11.4 Å². The zero-order valence-corrected chi connectivity index (χ0v) is 20.4. The summed E-state index contributed by atoms with van der Waals surface area (Å²) >= 11 is 0. The van der Waals surface area contributed by atoms with Gasteiger partial charge in [-0.25, -0.2) is 4.98 Å². The number of para-hydroxylation sites is 2. The third-order valence-corrected chi connectivity index (χ3v) is 6.04. The monoisotopic (exact) mass is 469 g/mol. The van der Waals surface area contributed by atoms with Crippen LogP contribution in [0, 0.1) is 0 Å². The van der Waals surface area contributed by atoms with Crippen molar-refractivity contribution in [3.63, 3.8) is 0 Å². The van der Waals surface area contributed by atoms with Gasteiger partial charge in [-0.3, -0.25) is 9.59 Å². The van der Waals surface area contributed by atoms with Gasteiger partial charge in [-0.15, -0.1) is 0 Å². The number of anilines is 2. The first-order chi connectivity index (χ1) is 17.0. The number of hydrogen-bond donors (Lipinski definition) is 2. The minimum absolute atomic E-state index is 0.0825. The van der Waals surface area contributed by atoms with Crippen molar-refractivity contribution in [3.05, 3.63) is 90.3 Å². The summed E-state index contributed by atoms with van der Waals surface area (Å²) in [5, 5.41) is 5.99. The van der Waals surface area contributed by atoms with E-state index in [1.54, 1.807) is 12.1 Å². The highest BCUT2D eigenvalue weighted by Crippen LogP contribution is 2.22. The molecule has 1 atom stereocenters. The summed E-state index contributed by atoms with van der Waals surface area (Å²) < 4.78 is 1.87. The van der Waals surface area contributed by atoms with Crippen LogP contribution in [0.25, 0.3) is 11.0 Å². The summed E-state index contributed by atoms with van der Waals surface area (Å²) in [6.07, 6.45) is 0. The molecule has 180 valence electrons. The Kier molecular flexibility index (Phi) is 7.45. The lowest BCUT2D eigenvalue weighted by atomic mass is 10.2. The van der Waals surface area contributed by atoms with Crippen LogP contribution in [0.3, 0.4) is 0 Å². The fourth-order valence-corrected chi connectivity index (χ4v) is 4.21. The Morgan fingerprint density at radius 1 is 0.914 bits per heavy atom. The Hall–Kier alpha value is -4.13. The van der Waals surface area contributed by atoms with Gasteiger partial charge in [-0.2, -0.15) is 0 Å². The van der Waals surface area contributed by atoms with E-state index in [4.69, 9.17) is 4.98 Å². The quantitative estimate of drug-likeness (QED) is 0.361. The van der Waals surface area contributed by atoms with Crippen LogP contribution in [0.5, 0.6) is 0 Å². The number of fused-ring (bicyclic) bond motifs is 1. The van der Waals surface area contributed by atoms with Gasteiger partial charge < -0.3 is 20.1 Å². The molecule has 2 amide bonds. The summed E-state index contributed by atoms with van der Waals surface area (Å²) in [5.74, 6) is 0.281. The van der Waals surface area contributed by atoms with Crippen LogP contribution in [-0.2, 0) is 11.3 Å². The molecule has 2 N–H and O–H groups in total. The fraction of sp³-hybridized carbons (Fsp3) is 0.250. The highest BCUT2D eigenvalue weighted by Gasteiger charge is 2.20. The topological polar surface area (TPSA) is 79.3 Å². The van der Waals surface area contributed by atoms with Gasteiger partial charge in [0.05, 0.1) is 17.1 Å². The van der Waals surface area contributed by atoms with Gasteiger partial charge in [0.2, 0.25) is 5.91 Å². The molecule has 0 aliphatic carbocycles. The molecule has 0 fully saturated rings. The van der Waals surface area contributed by atoms with Crippen LogP contribution in [0.15, 0.2) is 78.9 Å². The van der Waals surface area contributed by atoms with Gasteiger partial charge >= 0.3 is 0 Å². The maximum absolute atomic E-state index is 13.0. The first-order valence-corrected chi connectivity index (χ1v) is 12.0. The second-order valence-electron chi connectivity index (χ2n) is 8.37. The normalized spacial score (nSPS) is 11.7. The van der Waals surface area contributed by atoms with E-state index < -0.39 is 6.04 Å². The average molecular weight is 470 g/mol. The molecule has 0 spiro atoms. The Balaban J connectivity index is 1.53. The van der Waals surface area contributed by atoms with Crippen LogP contribution in [-0.4, -0.2) is 34.5 Å². The number of imidazole rings is 1. The lowest BCUT2D eigenvalue weighted by molar-refractivity contribution is -0.116. The largest absolute Gasteiger partial charge is 0.372 e. The molecule has 0 unspecified atom stereocenters. The Morgan fingerprint density at radius 2 is 1.57 bits per heavy atom. The summed E-state index contributed by atoms with van der Waals surface area (Å²) in [6.45, 7) is 8.06. The summed E-state index contributed by atoms with van der Waals surface area (Å²) in [5.41, 5.74) is 4.06. The predicted octanol–water partition coefficient (Wildman–Crippen LogP) is 5.01. The molecule has 7 heteroatoms. The third kappa shape index (κ3) is 5.51. The minimum Gasteiger partial charge on any atom is -0.372 e. The van der Waals surface area contributed by atoms with E-state index in [2.05, 4.69) is 29.4 Å². The van der Waals surface area contributed by atoms with Crippen molar-refractivity contribution in [2.45, 2.75) is 33.4 Å². The van der Waals surface area contributed by atoms with E-state index in [9.17, 15) is 9.59 Å². The van der Waals surface area contributed by atoms with Gasteiger partial charge in [0.25, 0.3) is 5.91 Å². The zero-order valence-electron chi connectivity index (χ0n) is 20.4. The van der Waals surface area contributed by atoms with Crippen LogP contribution in [0.2, 0.25) is 0 Å². The van der Waals surface area contributed by atoms with Crippen molar-refractivity contribution in [2.75, 3.05) is 23.3 Å². The smallest absolute Gasteiger partial charge is 0.251 e. The van der Waals surface area contributed by atoms with Crippen molar-refractivity contribution in [3.8, 4) is 0 Å².